The normalized spacial score (nSPS) is 12.0. The van der Waals surface area contributed by atoms with Crippen molar-refractivity contribution in [2.45, 2.75) is 37.8 Å². The van der Waals surface area contributed by atoms with E-state index in [1.807, 2.05) is 31.2 Å². The Morgan fingerprint density at radius 1 is 1.29 bits per heavy atom. The molecular formula is C22H26ClN5O2S. The zero-order chi connectivity index (χ0) is 22.2. The van der Waals surface area contributed by atoms with Gasteiger partial charge in [0.25, 0.3) is 5.91 Å². The molecule has 0 aliphatic rings. The number of rotatable bonds is 10. The van der Waals surface area contributed by atoms with E-state index in [2.05, 4.69) is 27.0 Å². The first kappa shape index (κ1) is 23.3. The van der Waals surface area contributed by atoms with Crippen molar-refractivity contribution in [3.05, 3.63) is 70.6 Å². The molecule has 1 amide bonds. The quantitative estimate of drug-likeness (QED) is 0.312. The number of hydrogen-bond acceptors (Lipinski definition) is 6. The van der Waals surface area contributed by atoms with Gasteiger partial charge in [-0.2, -0.15) is 5.10 Å². The third-order valence-corrected chi connectivity index (χ3v) is 5.79. The lowest BCUT2D eigenvalue weighted by Gasteiger charge is -2.19. The summed E-state index contributed by atoms with van der Waals surface area (Å²) in [4.78, 5) is 17.4. The van der Waals surface area contributed by atoms with Gasteiger partial charge in [0, 0.05) is 17.8 Å². The Morgan fingerprint density at radius 2 is 2.06 bits per heavy atom. The number of aliphatic hydroxyl groups is 1. The zero-order valence-corrected chi connectivity index (χ0v) is 19.1. The second kappa shape index (κ2) is 11.3. The van der Waals surface area contributed by atoms with Crippen molar-refractivity contribution in [2.24, 2.45) is 0 Å². The van der Waals surface area contributed by atoms with E-state index < -0.39 is 0 Å². The molecule has 1 atom stereocenters. The van der Waals surface area contributed by atoms with Crippen LogP contribution in [0.2, 0.25) is 5.02 Å². The Balaban J connectivity index is 1.77. The maximum atomic E-state index is 13.1. The molecule has 2 heterocycles. The van der Waals surface area contributed by atoms with Crippen molar-refractivity contribution < 1.29 is 9.90 Å². The van der Waals surface area contributed by atoms with Crippen LogP contribution in [0.4, 0.5) is 0 Å². The van der Waals surface area contributed by atoms with Gasteiger partial charge < -0.3 is 10.4 Å². The first-order chi connectivity index (χ1) is 15.0. The molecule has 3 aromatic rings. The van der Waals surface area contributed by atoms with E-state index in [1.54, 1.807) is 29.2 Å². The van der Waals surface area contributed by atoms with Gasteiger partial charge in [-0.05, 0) is 67.3 Å². The van der Waals surface area contributed by atoms with Crippen LogP contribution in [0.3, 0.4) is 0 Å². The fraction of sp³-hybridized carbons (Fsp3) is 0.318. The number of pyridine rings is 1. The molecule has 3 rings (SSSR count). The summed E-state index contributed by atoms with van der Waals surface area (Å²) in [7, 11) is 0. The number of carbonyl (C=O) groups is 1. The molecule has 0 fully saturated rings. The Labute approximate surface area is 191 Å². The van der Waals surface area contributed by atoms with E-state index in [-0.39, 0.29) is 18.6 Å². The minimum absolute atomic E-state index is 0.0598. The molecule has 0 radical (unpaired) electrons. The maximum Gasteiger partial charge on any atom is 0.255 e. The topological polar surface area (TPSA) is 92.1 Å². The fourth-order valence-corrected chi connectivity index (χ4v) is 3.97. The number of halogens is 1. The lowest BCUT2D eigenvalue weighted by atomic mass is 10.0. The lowest BCUT2D eigenvalue weighted by molar-refractivity contribution is 0.0933. The summed E-state index contributed by atoms with van der Waals surface area (Å²) in [6.07, 6.45) is 5.04. The Bertz CT molecular complexity index is 1010. The van der Waals surface area contributed by atoms with Gasteiger partial charge in [0.15, 0.2) is 0 Å². The number of hydrogen-bond donors (Lipinski definition) is 3. The van der Waals surface area contributed by atoms with Gasteiger partial charge in [0.2, 0.25) is 0 Å². The number of amides is 1. The molecule has 7 nitrogen and oxygen atoms in total. The second-order valence-electron chi connectivity index (χ2n) is 6.99. The monoisotopic (exact) mass is 459 g/mol. The second-order valence-corrected chi connectivity index (χ2v) is 8.34. The Hall–Kier alpha value is -2.39. The summed E-state index contributed by atoms with van der Waals surface area (Å²) in [6, 6.07) is 11.1. The van der Waals surface area contributed by atoms with Gasteiger partial charge in [-0.1, -0.05) is 24.9 Å². The molecule has 0 saturated heterocycles. The molecule has 1 unspecified atom stereocenters. The zero-order valence-electron chi connectivity index (χ0n) is 17.5. The molecule has 0 spiro atoms. The molecular weight excluding hydrogens is 434 g/mol. The maximum absolute atomic E-state index is 13.1. The molecule has 0 saturated carbocycles. The Kier molecular flexibility index (Phi) is 8.48. The largest absolute Gasteiger partial charge is 0.395 e. The number of benzene rings is 1. The van der Waals surface area contributed by atoms with Crippen LogP contribution in [0.15, 0.2) is 53.8 Å². The van der Waals surface area contributed by atoms with Gasteiger partial charge in [0.1, 0.15) is 5.03 Å². The van der Waals surface area contributed by atoms with Crippen molar-refractivity contribution >= 4 is 29.5 Å². The first-order valence-electron chi connectivity index (χ1n) is 10.1. The molecule has 3 N–H and O–H groups in total. The van der Waals surface area contributed by atoms with Gasteiger partial charge >= 0.3 is 0 Å². The van der Waals surface area contributed by atoms with Crippen LogP contribution >= 0.6 is 23.5 Å². The van der Waals surface area contributed by atoms with E-state index in [9.17, 15) is 4.79 Å². The minimum Gasteiger partial charge on any atom is -0.395 e. The highest BCUT2D eigenvalue weighted by molar-refractivity contribution is 7.97. The molecule has 1 aromatic carbocycles. The average molecular weight is 460 g/mol. The number of nitrogens with zero attached hydrogens (tertiary/aromatic N) is 3. The Morgan fingerprint density at radius 3 is 2.77 bits per heavy atom. The SMILES string of the molecule is CCCC(NC(=O)c1cnn(-c2ccc(Cl)cc2)c1C)c1ccnc(SNCCO)c1. The summed E-state index contributed by atoms with van der Waals surface area (Å²) >= 11 is 7.33. The fourth-order valence-electron chi connectivity index (χ4n) is 3.19. The standard InChI is InChI=1S/C22H26ClN5O2S/c1-3-4-20(16-9-10-24-21(13-16)31-26-11-12-29)27-22(30)19-14-25-28(15(19)2)18-7-5-17(23)6-8-18/h5-10,13-14,20,26,29H,3-4,11-12H2,1-2H3,(H,27,30). The van der Waals surface area contributed by atoms with E-state index >= 15 is 0 Å². The van der Waals surface area contributed by atoms with Gasteiger partial charge in [-0.25, -0.2) is 9.67 Å². The van der Waals surface area contributed by atoms with Crippen molar-refractivity contribution in [2.75, 3.05) is 13.2 Å². The van der Waals surface area contributed by atoms with Gasteiger partial charge in [0.05, 0.1) is 35.8 Å². The first-order valence-corrected chi connectivity index (χ1v) is 11.3. The molecule has 0 aliphatic heterocycles. The number of nitrogens with one attached hydrogen (secondary N) is 2. The van der Waals surface area contributed by atoms with Crippen molar-refractivity contribution in [3.8, 4) is 5.69 Å². The van der Waals surface area contributed by atoms with Crippen LogP contribution in [0.25, 0.3) is 5.69 Å². The predicted molar refractivity (Wildman–Crippen MR) is 124 cm³/mol. The molecule has 9 heteroatoms. The lowest BCUT2D eigenvalue weighted by Crippen LogP contribution is -2.29. The van der Waals surface area contributed by atoms with Crippen LogP contribution < -0.4 is 10.0 Å². The van der Waals surface area contributed by atoms with E-state index in [0.29, 0.717) is 17.1 Å². The third-order valence-electron chi connectivity index (χ3n) is 4.76. The van der Waals surface area contributed by atoms with Crippen LogP contribution in [-0.4, -0.2) is 38.9 Å². The highest BCUT2D eigenvalue weighted by Crippen LogP contribution is 2.23. The van der Waals surface area contributed by atoms with Crippen LogP contribution in [0.1, 0.15) is 47.4 Å². The molecule has 0 aliphatic carbocycles. The summed E-state index contributed by atoms with van der Waals surface area (Å²) in [6.45, 7) is 4.49. The van der Waals surface area contributed by atoms with Gasteiger partial charge in [-0.15, -0.1) is 0 Å². The molecule has 2 aromatic heterocycles. The van der Waals surface area contributed by atoms with Crippen molar-refractivity contribution in [1.82, 2.24) is 24.8 Å². The number of carbonyl (C=O) groups excluding carboxylic acids is 1. The van der Waals surface area contributed by atoms with E-state index in [1.165, 1.54) is 11.9 Å². The van der Waals surface area contributed by atoms with Crippen LogP contribution in [0.5, 0.6) is 0 Å². The summed E-state index contributed by atoms with van der Waals surface area (Å²) in [5, 5.41) is 17.9. The molecule has 0 bridgehead atoms. The van der Waals surface area contributed by atoms with E-state index in [0.717, 1.165) is 34.8 Å². The summed E-state index contributed by atoms with van der Waals surface area (Å²) < 4.78 is 4.77. The van der Waals surface area contributed by atoms with Crippen molar-refractivity contribution in [3.63, 3.8) is 0 Å². The van der Waals surface area contributed by atoms with E-state index in [4.69, 9.17) is 16.7 Å². The third kappa shape index (κ3) is 6.07. The number of aliphatic hydroxyl groups excluding tert-OH is 1. The van der Waals surface area contributed by atoms with Crippen LogP contribution in [-0.2, 0) is 0 Å². The summed E-state index contributed by atoms with van der Waals surface area (Å²) in [5.41, 5.74) is 3.12. The highest BCUT2D eigenvalue weighted by atomic mass is 35.5. The van der Waals surface area contributed by atoms with Gasteiger partial charge in [-0.3, -0.25) is 9.52 Å². The molecule has 31 heavy (non-hydrogen) atoms. The highest BCUT2D eigenvalue weighted by Gasteiger charge is 2.20. The summed E-state index contributed by atoms with van der Waals surface area (Å²) in [5.74, 6) is -0.166. The molecule has 164 valence electrons. The average Bonchev–Trinajstić information content (AvgIpc) is 3.16. The smallest absolute Gasteiger partial charge is 0.255 e. The minimum atomic E-state index is -0.166. The van der Waals surface area contributed by atoms with Crippen LogP contribution in [0, 0.1) is 6.92 Å². The predicted octanol–water partition coefficient (Wildman–Crippen LogP) is 4.09. The number of aromatic nitrogens is 3. The van der Waals surface area contributed by atoms with Crippen molar-refractivity contribution in [1.29, 1.82) is 0 Å².